The molecule has 2 nitrogen and oxygen atoms in total. The van der Waals surface area contributed by atoms with Gasteiger partial charge in [-0.25, -0.2) is 0 Å². The number of piperazine rings is 1. The van der Waals surface area contributed by atoms with E-state index in [4.69, 9.17) is 11.6 Å². The van der Waals surface area contributed by atoms with E-state index in [2.05, 4.69) is 66.1 Å². The van der Waals surface area contributed by atoms with Crippen LogP contribution in [-0.2, 0) is 0 Å². The number of para-hydroxylation sites is 1. The summed E-state index contributed by atoms with van der Waals surface area (Å²) in [4.78, 5) is 5.18. The fourth-order valence-electron chi connectivity index (χ4n) is 5.21. The first-order chi connectivity index (χ1) is 14.6. The standard InChI is InChI=1S/C27H35ClN2/c1-3-27(4-2)15-14-23(26(20-27)22-10-12-24(28)13-11-22)21-29-16-18-30(19-17-29)25-8-6-5-7-9-25/h5-13H,3-4,14-21H2,1-2H3. The molecule has 160 valence electrons. The molecule has 1 saturated heterocycles. The molecule has 0 saturated carbocycles. The topological polar surface area (TPSA) is 6.48 Å². The van der Waals surface area contributed by atoms with Crippen LogP contribution in [-0.4, -0.2) is 37.6 Å². The van der Waals surface area contributed by atoms with Gasteiger partial charge in [-0.1, -0.05) is 74.2 Å². The van der Waals surface area contributed by atoms with Crippen molar-refractivity contribution in [3.05, 3.63) is 70.8 Å². The molecule has 0 radical (unpaired) electrons. The summed E-state index contributed by atoms with van der Waals surface area (Å²) in [6.07, 6.45) is 6.31. The molecule has 1 aliphatic heterocycles. The molecule has 1 fully saturated rings. The predicted molar refractivity (Wildman–Crippen MR) is 130 cm³/mol. The number of anilines is 1. The van der Waals surface area contributed by atoms with Crippen molar-refractivity contribution in [1.29, 1.82) is 0 Å². The molecule has 0 spiro atoms. The van der Waals surface area contributed by atoms with Gasteiger partial charge in [0.15, 0.2) is 0 Å². The third-order valence-electron chi connectivity index (χ3n) is 7.54. The Kier molecular flexibility index (Phi) is 6.85. The maximum absolute atomic E-state index is 6.19. The minimum absolute atomic E-state index is 0.463. The van der Waals surface area contributed by atoms with Crippen LogP contribution in [0.3, 0.4) is 0 Å². The summed E-state index contributed by atoms with van der Waals surface area (Å²) in [5, 5.41) is 0.825. The van der Waals surface area contributed by atoms with E-state index in [0.717, 1.165) is 37.7 Å². The molecule has 1 heterocycles. The first kappa shape index (κ1) is 21.5. The predicted octanol–water partition coefficient (Wildman–Crippen LogP) is 6.91. The Hall–Kier alpha value is -1.77. The van der Waals surface area contributed by atoms with E-state index in [1.54, 1.807) is 11.1 Å². The zero-order chi connectivity index (χ0) is 21.0. The second-order valence-corrected chi connectivity index (χ2v) is 9.51. The number of halogens is 1. The van der Waals surface area contributed by atoms with Gasteiger partial charge in [-0.3, -0.25) is 4.90 Å². The highest BCUT2D eigenvalue weighted by Crippen LogP contribution is 2.47. The highest BCUT2D eigenvalue weighted by molar-refractivity contribution is 6.30. The van der Waals surface area contributed by atoms with Crippen LogP contribution in [0.5, 0.6) is 0 Å². The second kappa shape index (κ2) is 9.58. The molecule has 4 rings (SSSR count). The minimum Gasteiger partial charge on any atom is -0.369 e. The number of rotatable bonds is 6. The van der Waals surface area contributed by atoms with Gasteiger partial charge < -0.3 is 4.90 Å². The molecule has 2 aromatic carbocycles. The smallest absolute Gasteiger partial charge is 0.0406 e. The molecule has 3 heteroatoms. The van der Waals surface area contributed by atoms with E-state index in [1.165, 1.54) is 43.4 Å². The number of benzene rings is 2. The van der Waals surface area contributed by atoms with Gasteiger partial charge in [0.25, 0.3) is 0 Å². The van der Waals surface area contributed by atoms with E-state index < -0.39 is 0 Å². The van der Waals surface area contributed by atoms with Gasteiger partial charge in [-0.05, 0) is 60.1 Å². The zero-order valence-corrected chi connectivity index (χ0v) is 19.3. The van der Waals surface area contributed by atoms with E-state index in [-0.39, 0.29) is 0 Å². The van der Waals surface area contributed by atoms with Crippen LogP contribution >= 0.6 is 11.6 Å². The lowest BCUT2D eigenvalue weighted by Gasteiger charge is -2.41. The summed E-state index contributed by atoms with van der Waals surface area (Å²) >= 11 is 6.19. The quantitative estimate of drug-likeness (QED) is 0.499. The first-order valence-corrected chi connectivity index (χ1v) is 12.0. The molecule has 1 aliphatic carbocycles. The van der Waals surface area contributed by atoms with Gasteiger partial charge in [-0.15, -0.1) is 0 Å². The van der Waals surface area contributed by atoms with Gasteiger partial charge in [0.05, 0.1) is 0 Å². The number of nitrogens with zero attached hydrogens (tertiary/aromatic N) is 2. The Morgan fingerprint density at radius 2 is 1.53 bits per heavy atom. The molecule has 0 aromatic heterocycles. The Balaban J connectivity index is 1.51. The van der Waals surface area contributed by atoms with Crippen molar-refractivity contribution in [3.63, 3.8) is 0 Å². The van der Waals surface area contributed by atoms with Crippen LogP contribution in [0.4, 0.5) is 5.69 Å². The summed E-state index contributed by atoms with van der Waals surface area (Å²) in [6.45, 7) is 10.4. The van der Waals surface area contributed by atoms with Gasteiger partial charge in [-0.2, -0.15) is 0 Å². The Labute approximate surface area is 187 Å². The van der Waals surface area contributed by atoms with Crippen LogP contribution in [0.25, 0.3) is 5.57 Å². The van der Waals surface area contributed by atoms with Crippen molar-refractivity contribution < 1.29 is 0 Å². The van der Waals surface area contributed by atoms with Crippen molar-refractivity contribution in [2.24, 2.45) is 5.41 Å². The van der Waals surface area contributed by atoms with Crippen molar-refractivity contribution >= 4 is 22.9 Å². The molecule has 2 aromatic rings. The number of allylic oxidation sites excluding steroid dienone is 1. The first-order valence-electron chi connectivity index (χ1n) is 11.6. The van der Waals surface area contributed by atoms with Crippen LogP contribution < -0.4 is 4.90 Å². The van der Waals surface area contributed by atoms with Crippen molar-refractivity contribution in [1.82, 2.24) is 4.90 Å². The van der Waals surface area contributed by atoms with E-state index in [0.29, 0.717) is 5.41 Å². The minimum atomic E-state index is 0.463. The van der Waals surface area contributed by atoms with E-state index >= 15 is 0 Å². The van der Waals surface area contributed by atoms with Crippen molar-refractivity contribution in [2.45, 2.75) is 46.0 Å². The molecular formula is C27H35ClN2. The lowest BCUT2D eigenvalue weighted by Crippen LogP contribution is -2.47. The van der Waals surface area contributed by atoms with Crippen molar-refractivity contribution in [3.8, 4) is 0 Å². The van der Waals surface area contributed by atoms with Crippen LogP contribution in [0.15, 0.2) is 60.2 Å². The van der Waals surface area contributed by atoms with E-state index in [1.807, 2.05) is 12.1 Å². The summed E-state index contributed by atoms with van der Waals surface area (Å²) in [5.74, 6) is 0. The number of hydrogen-bond acceptors (Lipinski definition) is 2. The maximum atomic E-state index is 6.19. The summed E-state index contributed by atoms with van der Waals surface area (Å²) in [6, 6.07) is 19.4. The molecule has 30 heavy (non-hydrogen) atoms. The summed E-state index contributed by atoms with van der Waals surface area (Å²) in [7, 11) is 0. The molecular weight excluding hydrogens is 388 g/mol. The highest BCUT2D eigenvalue weighted by atomic mass is 35.5. The van der Waals surface area contributed by atoms with Crippen molar-refractivity contribution in [2.75, 3.05) is 37.6 Å². The van der Waals surface area contributed by atoms with E-state index in [9.17, 15) is 0 Å². The van der Waals surface area contributed by atoms with Gasteiger partial charge in [0.1, 0.15) is 0 Å². The van der Waals surface area contributed by atoms with Crippen LogP contribution in [0.2, 0.25) is 5.02 Å². The second-order valence-electron chi connectivity index (χ2n) is 9.07. The third kappa shape index (κ3) is 4.76. The monoisotopic (exact) mass is 422 g/mol. The van der Waals surface area contributed by atoms with Gasteiger partial charge >= 0.3 is 0 Å². The molecule has 0 unspecified atom stereocenters. The van der Waals surface area contributed by atoms with Gasteiger partial charge in [0, 0.05) is 43.4 Å². The average Bonchev–Trinajstić information content (AvgIpc) is 2.81. The molecule has 2 aliphatic rings. The lowest BCUT2D eigenvalue weighted by molar-refractivity contribution is 0.225. The average molecular weight is 423 g/mol. The van der Waals surface area contributed by atoms with Crippen LogP contribution in [0, 0.1) is 5.41 Å². The van der Waals surface area contributed by atoms with Crippen LogP contribution in [0.1, 0.15) is 51.5 Å². The zero-order valence-electron chi connectivity index (χ0n) is 18.5. The third-order valence-corrected chi connectivity index (χ3v) is 7.79. The summed E-state index contributed by atoms with van der Waals surface area (Å²) < 4.78 is 0. The largest absolute Gasteiger partial charge is 0.369 e. The SMILES string of the molecule is CCC1(CC)CCC(CN2CCN(c3ccccc3)CC2)=C(c2ccc(Cl)cc2)C1. The Morgan fingerprint density at radius 1 is 0.867 bits per heavy atom. The fraction of sp³-hybridized carbons (Fsp3) is 0.481. The Bertz CT molecular complexity index is 844. The maximum Gasteiger partial charge on any atom is 0.0406 e. The normalized spacial score (nSPS) is 19.9. The molecule has 0 N–H and O–H groups in total. The molecule has 0 amide bonds. The molecule has 0 atom stereocenters. The Morgan fingerprint density at radius 3 is 2.17 bits per heavy atom. The lowest BCUT2D eigenvalue weighted by atomic mass is 9.67. The number of hydrogen-bond donors (Lipinski definition) is 0. The fourth-order valence-corrected chi connectivity index (χ4v) is 5.34. The highest BCUT2D eigenvalue weighted by Gasteiger charge is 2.33. The van der Waals surface area contributed by atoms with Gasteiger partial charge in [0.2, 0.25) is 0 Å². The summed E-state index contributed by atoms with van der Waals surface area (Å²) in [5.41, 5.74) is 6.44. The molecule has 0 bridgehead atoms.